The van der Waals surface area contributed by atoms with Crippen molar-refractivity contribution in [3.8, 4) is 5.75 Å². The van der Waals surface area contributed by atoms with Gasteiger partial charge < -0.3 is 15.4 Å². The van der Waals surface area contributed by atoms with Gasteiger partial charge in [-0.3, -0.25) is 9.59 Å². The predicted molar refractivity (Wildman–Crippen MR) is 97.8 cm³/mol. The minimum Gasteiger partial charge on any atom is -0.495 e. The lowest BCUT2D eigenvalue weighted by molar-refractivity contribution is -0.131. The van der Waals surface area contributed by atoms with Crippen molar-refractivity contribution >= 4 is 23.2 Å². The number of ether oxygens (including phenoxy) is 1. The molecule has 2 amide bonds. The molecule has 2 N–H and O–H groups in total. The Morgan fingerprint density at radius 1 is 0.960 bits per heavy atom. The van der Waals surface area contributed by atoms with Crippen LogP contribution in [0.2, 0.25) is 0 Å². The Bertz CT molecular complexity index is 825. The van der Waals surface area contributed by atoms with Crippen LogP contribution in [0.5, 0.6) is 5.75 Å². The number of rotatable bonds is 5. The molecule has 5 heteroatoms. The molecule has 2 aromatic carbocycles. The van der Waals surface area contributed by atoms with Gasteiger partial charge in [0.25, 0.3) is 0 Å². The molecule has 0 bridgehead atoms. The third-order valence-electron chi connectivity index (χ3n) is 4.74. The number of amides is 2. The number of benzene rings is 2. The lowest BCUT2D eigenvalue weighted by Crippen LogP contribution is -2.35. The molecule has 130 valence electrons. The molecule has 0 radical (unpaired) electrons. The van der Waals surface area contributed by atoms with Crippen LogP contribution in [-0.2, 0) is 9.59 Å². The summed E-state index contributed by atoms with van der Waals surface area (Å²) in [6, 6.07) is 12.9. The number of anilines is 2. The lowest BCUT2D eigenvalue weighted by atomic mass is 10.0. The first-order valence-electron chi connectivity index (χ1n) is 8.29. The van der Waals surface area contributed by atoms with E-state index in [-0.39, 0.29) is 11.8 Å². The van der Waals surface area contributed by atoms with E-state index in [0.29, 0.717) is 30.0 Å². The maximum Gasteiger partial charge on any atom is 0.240 e. The van der Waals surface area contributed by atoms with E-state index >= 15 is 0 Å². The van der Waals surface area contributed by atoms with Gasteiger partial charge in [0, 0.05) is 5.69 Å². The minimum absolute atomic E-state index is 0.261. The van der Waals surface area contributed by atoms with Gasteiger partial charge in [-0.1, -0.05) is 18.2 Å². The van der Waals surface area contributed by atoms with Crippen LogP contribution in [-0.4, -0.2) is 18.9 Å². The van der Waals surface area contributed by atoms with Gasteiger partial charge in [0.05, 0.1) is 12.8 Å². The maximum absolute atomic E-state index is 12.7. The zero-order valence-corrected chi connectivity index (χ0v) is 14.7. The lowest BCUT2D eigenvalue weighted by Gasteiger charge is -2.17. The van der Waals surface area contributed by atoms with E-state index in [2.05, 4.69) is 10.6 Å². The fourth-order valence-electron chi connectivity index (χ4n) is 2.74. The second-order valence-corrected chi connectivity index (χ2v) is 6.49. The number of carbonyl (C=O) groups excluding carboxylic acids is 2. The number of hydrogen-bond donors (Lipinski definition) is 2. The number of carbonyl (C=O) groups is 2. The Labute approximate surface area is 147 Å². The van der Waals surface area contributed by atoms with E-state index < -0.39 is 5.41 Å². The Balaban J connectivity index is 1.73. The summed E-state index contributed by atoms with van der Waals surface area (Å²) in [5.41, 5.74) is 2.54. The molecule has 25 heavy (non-hydrogen) atoms. The third-order valence-corrected chi connectivity index (χ3v) is 4.74. The van der Waals surface area contributed by atoms with Crippen molar-refractivity contribution < 1.29 is 14.3 Å². The fraction of sp³-hybridized carbons (Fsp3) is 0.300. The second-order valence-electron chi connectivity index (χ2n) is 6.49. The van der Waals surface area contributed by atoms with E-state index in [0.717, 1.165) is 11.1 Å². The van der Waals surface area contributed by atoms with Gasteiger partial charge in [0.15, 0.2) is 0 Å². The highest BCUT2D eigenvalue weighted by molar-refractivity contribution is 6.17. The average Bonchev–Trinajstić information content (AvgIpc) is 3.40. The SMILES string of the molecule is COc1ccccc1NC(=O)C1(C(=O)Nc2ccc(C)c(C)c2)CC1. The van der Waals surface area contributed by atoms with Crippen LogP contribution in [0, 0.1) is 19.3 Å². The van der Waals surface area contributed by atoms with Crippen LogP contribution in [0.3, 0.4) is 0 Å². The van der Waals surface area contributed by atoms with E-state index in [1.807, 2.05) is 44.2 Å². The van der Waals surface area contributed by atoms with Crippen molar-refractivity contribution in [2.24, 2.45) is 5.41 Å². The number of hydrogen-bond acceptors (Lipinski definition) is 3. The van der Waals surface area contributed by atoms with Crippen LogP contribution in [0.25, 0.3) is 0 Å². The molecule has 5 nitrogen and oxygen atoms in total. The molecule has 0 spiro atoms. The minimum atomic E-state index is -1.00. The van der Waals surface area contributed by atoms with Crippen LogP contribution >= 0.6 is 0 Å². The molecule has 1 aliphatic carbocycles. The predicted octanol–water partition coefficient (Wildman–Crippen LogP) is 3.67. The normalized spacial score (nSPS) is 14.5. The summed E-state index contributed by atoms with van der Waals surface area (Å²) in [7, 11) is 1.55. The maximum atomic E-state index is 12.7. The summed E-state index contributed by atoms with van der Waals surface area (Å²) in [4.78, 5) is 25.4. The smallest absolute Gasteiger partial charge is 0.240 e. The van der Waals surface area contributed by atoms with Crippen LogP contribution in [0.1, 0.15) is 24.0 Å². The van der Waals surface area contributed by atoms with Gasteiger partial charge in [0.1, 0.15) is 11.2 Å². The zero-order valence-electron chi connectivity index (χ0n) is 14.7. The van der Waals surface area contributed by atoms with Crippen molar-refractivity contribution in [2.45, 2.75) is 26.7 Å². The fourth-order valence-corrected chi connectivity index (χ4v) is 2.74. The molecule has 1 aliphatic rings. The van der Waals surface area contributed by atoms with Gasteiger partial charge >= 0.3 is 0 Å². The average molecular weight is 338 g/mol. The molecule has 0 unspecified atom stereocenters. The zero-order chi connectivity index (χ0) is 18.0. The topological polar surface area (TPSA) is 67.4 Å². The van der Waals surface area contributed by atoms with Crippen molar-refractivity contribution in [1.29, 1.82) is 0 Å². The van der Waals surface area contributed by atoms with E-state index in [4.69, 9.17) is 4.74 Å². The number of aryl methyl sites for hydroxylation is 2. The molecule has 1 saturated carbocycles. The van der Waals surface area contributed by atoms with E-state index in [1.165, 1.54) is 0 Å². The summed E-state index contributed by atoms with van der Waals surface area (Å²) >= 11 is 0. The van der Waals surface area contributed by atoms with E-state index in [9.17, 15) is 9.59 Å². The Kier molecular flexibility index (Phi) is 4.49. The Morgan fingerprint density at radius 2 is 1.64 bits per heavy atom. The Morgan fingerprint density at radius 3 is 2.28 bits per heavy atom. The molecule has 0 saturated heterocycles. The highest BCUT2D eigenvalue weighted by atomic mass is 16.5. The number of para-hydroxylation sites is 2. The molecule has 0 aromatic heterocycles. The summed E-state index contributed by atoms with van der Waals surface area (Å²) in [6.07, 6.45) is 1.09. The molecule has 0 heterocycles. The van der Waals surface area contributed by atoms with E-state index in [1.54, 1.807) is 19.2 Å². The highest BCUT2D eigenvalue weighted by Gasteiger charge is 2.56. The van der Waals surface area contributed by atoms with Gasteiger partial charge in [-0.2, -0.15) is 0 Å². The van der Waals surface area contributed by atoms with Crippen molar-refractivity contribution in [1.82, 2.24) is 0 Å². The Hall–Kier alpha value is -2.82. The standard InChI is InChI=1S/C20H22N2O3/c1-13-8-9-15(12-14(13)2)21-18(23)20(10-11-20)19(24)22-16-6-4-5-7-17(16)25-3/h4-9,12H,10-11H2,1-3H3,(H,21,23)(H,22,24). The van der Waals surface area contributed by atoms with Gasteiger partial charge in [-0.05, 0) is 62.1 Å². The van der Waals surface area contributed by atoms with Gasteiger partial charge in [0.2, 0.25) is 11.8 Å². The van der Waals surface area contributed by atoms with Gasteiger partial charge in [-0.25, -0.2) is 0 Å². The number of methoxy groups -OCH3 is 1. The van der Waals surface area contributed by atoms with Crippen LogP contribution in [0.15, 0.2) is 42.5 Å². The highest BCUT2D eigenvalue weighted by Crippen LogP contribution is 2.48. The first kappa shape index (κ1) is 17.0. The molecule has 1 fully saturated rings. The molecule has 0 atom stereocenters. The summed E-state index contributed by atoms with van der Waals surface area (Å²) in [6.45, 7) is 4.01. The first-order valence-corrected chi connectivity index (χ1v) is 8.29. The van der Waals surface area contributed by atoms with Gasteiger partial charge in [-0.15, -0.1) is 0 Å². The van der Waals surface area contributed by atoms with Crippen molar-refractivity contribution in [3.05, 3.63) is 53.6 Å². The first-order chi connectivity index (χ1) is 12.0. The molecule has 0 aliphatic heterocycles. The largest absolute Gasteiger partial charge is 0.495 e. The number of nitrogens with one attached hydrogen (secondary N) is 2. The summed E-state index contributed by atoms with van der Waals surface area (Å²) in [5, 5.41) is 5.70. The summed E-state index contributed by atoms with van der Waals surface area (Å²) in [5.74, 6) is 0.0164. The quantitative estimate of drug-likeness (QED) is 0.818. The van der Waals surface area contributed by atoms with Crippen molar-refractivity contribution in [3.63, 3.8) is 0 Å². The monoisotopic (exact) mass is 338 g/mol. The van der Waals surface area contributed by atoms with Crippen LogP contribution in [0.4, 0.5) is 11.4 Å². The van der Waals surface area contributed by atoms with Crippen molar-refractivity contribution in [2.75, 3.05) is 17.7 Å². The van der Waals surface area contributed by atoms with Crippen LogP contribution < -0.4 is 15.4 Å². The summed E-state index contributed by atoms with van der Waals surface area (Å²) < 4.78 is 5.24. The second kappa shape index (κ2) is 6.59. The molecular weight excluding hydrogens is 316 g/mol. The third kappa shape index (κ3) is 3.36. The molecular formula is C20H22N2O3. The molecule has 2 aromatic rings. The molecule has 3 rings (SSSR count).